The Morgan fingerprint density at radius 2 is 1.46 bits per heavy atom. The largest absolute Gasteiger partial charge is 0.351 e. The minimum absolute atomic E-state index is 0. The second-order valence-electron chi connectivity index (χ2n) is 5.25. The lowest BCUT2D eigenvalue weighted by Gasteiger charge is -2.10. The predicted molar refractivity (Wildman–Crippen MR) is 99.1 cm³/mol. The smallest absolute Gasteiger partial charge is 0.252 e. The molecule has 0 bridgehead atoms. The van der Waals surface area contributed by atoms with Gasteiger partial charge in [-0.2, -0.15) is 0 Å². The summed E-state index contributed by atoms with van der Waals surface area (Å²) in [6, 6.07) is 15.9. The molecule has 0 aliphatic carbocycles. The van der Waals surface area contributed by atoms with Crippen molar-refractivity contribution in [1.82, 2.24) is 10.6 Å². The van der Waals surface area contributed by atoms with E-state index in [4.69, 9.17) is 0 Å². The van der Waals surface area contributed by atoms with E-state index in [1.807, 2.05) is 18.2 Å². The van der Waals surface area contributed by atoms with Crippen molar-refractivity contribution in [2.45, 2.75) is 13.3 Å². The average Bonchev–Trinajstić information content (AvgIpc) is 2.61. The van der Waals surface area contributed by atoms with Crippen molar-refractivity contribution >= 4 is 24.1 Å². The topological polar surface area (TPSA) is 58.2 Å². The van der Waals surface area contributed by atoms with Gasteiger partial charge in [-0.25, -0.2) is 0 Å². The summed E-state index contributed by atoms with van der Waals surface area (Å²) in [6.07, 6.45) is 1.06. The highest BCUT2D eigenvalue weighted by Gasteiger charge is 2.17. The van der Waals surface area contributed by atoms with E-state index in [-0.39, 0.29) is 24.1 Å². The Balaban J connectivity index is 0.00000288. The van der Waals surface area contributed by atoms with E-state index in [1.54, 1.807) is 36.4 Å². The number of nitrogens with one attached hydrogen (secondary N) is 2. The van der Waals surface area contributed by atoms with Crippen molar-refractivity contribution in [2.75, 3.05) is 19.6 Å². The molecule has 2 aromatic carbocycles. The lowest BCUT2D eigenvalue weighted by atomic mass is 9.98. The van der Waals surface area contributed by atoms with Gasteiger partial charge in [0.05, 0.1) is 5.56 Å². The van der Waals surface area contributed by atoms with Crippen LogP contribution in [0.2, 0.25) is 0 Å². The molecule has 0 aromatic heterocycles. The molecule has 0 unspecified atom stereocenters. The zero-order chi connectivity index (χ0) is 16.5. The van der Waals surface area contributed by atoms with Gasteiger partial charge in [-0.15, -0.1) is 12.4 Å². The number of rotatable bonds is 8. The Bertz CT molecular complexity index is 659. The summed E-state index contributed by atoms with van der Waals surface area (Å²) in [5.74, 6) is -0.358. The van der Waals surface area contributed by atoms with Crippen LogP contribution in [0.25, 0.3) is 0 Å². The molecule has 0 aliphatic heterocycles. The lowest BCUT2D eigenvalue weighted by Crippen LogP contribution is -2.32. The van der Waals surface area contributed by atoms with Gasteiger partial charge in [0, 0.05) is 24.2 Å². The van der Waals surface area contributed by atoms with Crippen molar-refractivity contribution in [2.24, 2.45) is 0 Å². The summed E-state index contributed by atoms with van der Waals surface area (Å²) < 4.78 is 0. The number of hydrogen-bond donors (Lipinski definition) is 2. The first kappa shape index (κ1) is 19.9. The van der Waals surface area contributed by atoms with Crippen LogP contribution in [-0.2, 0) is 0 Å². The van der Waals surface area contributed by atoms with E-state index >= 15 is 0 Å². The summed E-state index contributed by atoms with van der Waals surface area (Å²) >= 11 is 0. The molecular formula is C19H23ClN2O2. The summed E-state index contributed by atoms with van der Waals surface area (Å²) in [4.78, 5) is 24.9. The Hall–Kier alpha value is -2.17. The number of ketones is 1. The molecule has 5 heteroatoms. The van der Waals surface area contributed by atoms with Gasteiger partial charge in [0.1, 0.15) is 0 Å². The van der Waals surface area contributed by atoms with Gasteiger partial charge in [-0.1, -0.05) is 55.5 Å². The molecule has 0 fully saturated rings. The third kappa shape index (κ3) is 5.48. The molecule has 0 spiro atoms. The number of carbonyl (C=O) groups excluding carboxylic acids is 2. The van der Waals surface area contributed by atoms with Crippen molar-refractivity contribution in [3.05, 3.63) is 71.3 Å². The molecule has 128 valence electrons. The highest BCUT2D eigenvalue weighted by Crippen LogP contribution is 2.14. The Kier molecular flexibility index (Phi) is 8.76. The molecule has 0 saturated carbocycles. The molecule has 4 nitrogen and oxygen atoms in total. The third-order valence-electron chi connectivity index (χ3n) is 3.47. The van der Waals surface area contributed by atoms with Gasteiger partial charge in [0.15, 0.2) is 5.78 Å². The molecule has 2 aromatic rings. The quantitative estimate of drug-likeness (QED) is 0.570. The minimum Gasteiger partial charge on any atom is -0.351 e. The molecular weight excluding hydrogens is 324 g/mol. The van der Waals surface area contributed by atoms with Crippen molar-refractivity contribution in [1.29, 1.82) is 0 Å². The highest BCUT2D eigenvalue weighted by atomic mass is 35.5. The Morgan fingerprint density at radius 1 is 0.833 bits per heavy atom. The van der Waals surface area contributed by atoms with E-state index in [0.29, 0.717) is 29.8 Å². The molecule has 0 atom stereocenters. The van der Waals surface area contributed by atoms with Crippen LogP contribution >= 0.6 is 12.4 Å². The van der Waals surface area contributed by atoms with Crippen LogP contribution in [0.15, 0.2) is 54.6 Å². The van der Waals surface area contributed by atoms with Gasteiger partial charge in [-0.05, 0) is 19.0 Å². The molecule has 0 heterocycles. The van der Waals surface area contributed by atoms with Gasteiger partial charge >= 0.3 is 0 Å². The van der Waals surface area contributed by atoms with Gasteiger partial charge in [-0.3, -0.25) is 9.59 Å². The maximum Gasteiger partial charge on any atom is 0.252 e. The molecule has 0 aliphatic rings. The van der Waals surface area contributed by atoms with Gasteiger partial charge in [0.2, 0.25) is 0 Å². The summed E-state index contributed by atoms with van der Waals surface area (Å²) in [5, 5.41) is 6.07. The monoisotopic (exact) mass is 346 g/mol. The Labute approximate surface area is 149 Å². The van der Waals surface area contributed by atoms with Crippen LogP contribution in [0.5, 0.6) is 0 Å². The number of hydrogen-bond acceptors (Lipinski definition) is 3. The van der Waals surface area contributed by atoms with Gasteiger partial charge < -0.3 is 10.6 Å². The molecule has 1 amide bonds. The molecule has 2 N–H and O–H groups in total. The van der Waals surface area contributed by atoms with E-state index < -0.39 is 0 Å². The number of carbonyl (C=O) groups is 2. The number of amides is 1. The molecule has 24 heavy (non-hydrogen) atoms. The van der Waals surface area contributed by atoms with E-state index in [9.17, 15) is 9.59 Å². The second kappa shape index (κ2) is 10.6. The number of benzene rings is 2. The fraction of sp³-hybridized carbons (Fsp3) is 0.263. The maximum absolute atomic E-state index is 12.6. The normalized spacial score (nSPS) is 9.88. The first-order valence-electron chi connectivity index (χ1n) is 7.91. The van der Waals surface area contributed by atoms with Crippen LogP contribution in [0.3, 0.4) is 0 Å². The van der Waals surface area contributed by atoms with E-state index in [2.05, 4.69) is 17.6 Å². The van der Waals surface area contributed by atoms with E-state index in [1.165, 1.54) is 0 Å². The van der Waals surface area contributed by atoms with E-state index in [0.717, 1.165) is 13.0 Å². The third-order valence-corrected chi connectivity index (χ3v) is 3.47. The van der Waals surface area contributed by atoms with Crippen LogP contribution in [0.4, 0.5) is 0 Å². The summed E-state index contributed by atoms with van der Waals surface area (Å²) in [6.45, 7) is 4.27. The molecule has 2 rings (SSSR count). The van der Waals surface area contributed by atoms with Crippen LogP contribution in [0.1, 0.15) is 39.6 Å². The lowest BCUT2D eigenvalue weighted by molar-refractivity contribution is 0.0942. The zero-order valence-corrected chi connectivity index (χ0v) is 14.6. The summed E-state index contributed by atoms with van der Waals surface area (Å²) in [7, 11) is 0. The van der Waals surface area contributed by atoms with Crippen molar-refractivity contribution < 1.29 is 9.59 Å². The molecule has 0 saturated heterocycles. The zero-order valence-electron chi connectivity index (χ0n) is 13.7. The molecule has 0 radical (unpaired) electrons. The SMILES string of the molecule is CCCNCCNC(=O)c1ccccc1C(=O)c1ccccc1.Cl. The number of halogens is 1. The minimum atomic E-state index is -0.219. The van der Waals surface area contributed by atoms with Crippen molar-refractivity contribution in [3.8, 4) is 0 Å². The first-order chi connectivity index (χ1) is 11.2. The fourth-order valence-corrected chi connectivity index (χ4v) is 2.29. The summed E-state index contributed by atoms with van der Waals surface area (Å²) in [5.41, 5.74) is 1.42. The van der Waals surface area contributed by atoms with Crippen LogP contribution < -0.4 is 10.6 Å². The Morgan fingerprint density at radius 3 is 2.12 bits per heavy atom. The first-order valence-corrected chi connectivity index (χ1v) is 7.91. The van der Waals surface area contributed by atoms with Gasteiger partial charge in [0.25, 0.3) is 5.91 Å². The fourth-order valence-electron chi connectivity index (χ4n) is 2.29. The standard InChI is InChI=1S/C19H22N2O2.ClH/c1-2-12-20-13-14-21-19(23)17-11-7-6-10-16(17)18(22)15-8-4-3-5-9-15;/h3-11,20H,2,12-14H2,1H3,(H,21,23);1H. The predicted octanol–water partition coefficient (Wildman–Crippen LogP) is 3.07. The second-order valence-corrected chi connectivity index (χ2v) is 5.25. The highest BCUT2D eigenvalue weighted by molar-refractivity contribution is 6.15. The van der Waals surface area contributed by atoms with Crippen LogP contribution in [0, 0.1) is 0 Å². The maximum atomic E-state index is 12.6. The van der Waals surface area contributed by atoms with Crippen LogP contribution in [-0.4, -0.2) is 31.3 Å². The van der Waals surface area contributed by atoms with Crippen molar-refractivity contribution in [3.63, 3.8) is 0 Å². The average molecular weight is 347 g/mol.